The minimum Gasteiger partial charge on any atom is -0.508 e. The SMILES string of the molecule is Cc1ccc(-n2c(=O)oc3ccc(O)cc3c2=O)cc1. The topological polar surface area (TPSA) is 72.4 Å². The maximum atomic E-state index is 12.4. The van der Waals surface area contributed by atoms with Gasteiger partial charge in [-0.05, 0) is 37.3 Å². The first kappa shape index (κ1) is 12.2. The maximum absolute atomic E-state index is 12.4. The van der Waals surface area contributed by atoms with Crippen LogP contribution in [0, 0.1) is 6.92 Å². The number of aromatic hydroxyl groups is 1. The molecule has 1 N–H and O–H groups in total. The molecule has 1 heterocycles. The molecule has 0 aliphatic carbocycles. The molecule has 0 bridgehead atoms. The molecule has 0 saturated heterocycles. The summed E-state index contributed by atoms with van der Waals surface area (Å²) in [4.78, 5) is 24.3. The van der Waals surface area contributed by atoms with Crippen LogP contribution in [0.5, 0.6) is 5.75 Å². The Hall–Kier alpha value is -2.82. The zero-order valence-corrected chi connectivity index (χ0v) is 10.7. The van der Waals surface area contributed by atoms with E-state index in [4.69, 9.17) is 4.42 Å². The number of fused-ring (bicyclic) bond motifs is 1. The van der Waals surface area contributed by atoms with Crippen molar-refractivity contribution < 1.29 is 9.52 Å². The van der Waals surface area contributed by atoms with Crippen molar-refractivity contribution in [1.82, 2.24) is 4.57 Å². The molecule has 2 aromatic carbocycles. The van der Waals surface area contributed by atoms with E-state index in [9.17, 15) is 14.7 Å². The first-order chi connectivity index (χ1) is 9.56. The van der Waals surface area contributed by atoms with Crippen LogP contribution in [0.3, 0.4) is 0 Å². The minimum absolute atomic E-state index is 0.0566. The Labute approximate surface area is 113 Å². The maximum Gasteiger partial charge on any atom is 0.426 e. The second-order valence-electron chi connectivity index (χ2n) is 4.52. The van der Waals surface area contributed by atoms with Crippen LogP contribution in [-0.2, 0) is 0 Å². The van der Waals surface area contributed by atoms with Crippen LogP contribution in [-0.4, -0.2) is 9.67 Å². The monoisotopic (exact) mass is 269 g/mol. The second kappa shape index (κ2) is 4.38. The molecule has 0 saturated carbocycles. The average Bonchev–Trinajstić information content (AvgIpc) is 2.42. The van der Waals surface area contributed by atoms with E-state index in [1.165, 1.54) is 18.2 Å². The van der Waals surface area contributed by atoms with Crippen molar-refractivity contribution in [2.75, 3.05) is 0 Å². The van der Waals surface area contributed by atoms with Gasteiger partial charge >= 0.3 is 5.76 Å². The summed E-state index contributed by atoms with van der Waals surface area (Å²) in [5.41, 5.74) is 1.08. The molecular weight excluding hydrogens is 258 g/mol. The average molecular weight is 269 g/mol. The molecule has 5 heteroatoms. The Morgan fingerprint density at radius 1 is 1.05 bits per heavy atom. The Bertz CT molecular complexity index is 904. The lowest BCUT2D eigenvalue weighted by atomic mass is 10.2. The van der Waals surface area contributed by atoms with Crippen molar-refractivity contribution >= 4 is 11.0 Å². The number of rotatable bonds is 1. The third-order valence-corrected chi connectivity index (χ3v) is 3.07. The van der Waals surface area contributed by atoms with Crippen molar-refractivity contribution in [1.29, 1.82) is 0 Å². The van der Waals surface area contributed by atoms with E-state index in [0.717, 1.165) is 10.1 Å². The quantitative estimate of drug-likeness (QED) is 0.733. The van der Waals surface area contributed by atoms with Gasteiger partial charge in [0.25, 0.3) is 5.56 Å². The van der Waals surface area contributed by atoms with Gasteiger partial charge in [-0.3, -0.25) is 4.79 Å². The highest BCUT2D eigenvalue weighted by atomic mass is 16.4. The second-order valence-corrected chi connectivity index (χ2v) is 4.52. The summed E-state index contributed by atoms with van der Waals surface area (Å²) in [5.74, 6) is -0.809. The number of phenolic OH excluding ortho intramolecular Hbond substituents is 1. The number of benzene rings is 2. The molecule has 0 spiro atoms. The molecule has 0 radical (unpaired) electrons. The predicted molar refractivity (Wildman–Crippen MR) is 74.5 cm³/mol. The summed E-state index contributed by atoms with van der Waals surface area (Å²) in [7, 11) is 0. The highest BCUT2D eigenvalue weighted by molar-refractivity contribution is 5.77. The van der Waals surface area contributed by atoms with Crippen molar-refractivity contribution in [2.24, 2.45) is 0 Å². The molecule has 100 valence electrons. The van der Waals surface area contributed by atoms with Gasteiger partial charge in [-0.15, -0.1) is 0 Å². The van der Waals surface area contributed by atoms with Gasteiger partial charge in [0.15, 0.2) is 0 Å². The lowest BCUT2D eigenvalue weighted by Crippen LogP contribution is -2.30. The van der Waals surface area contributed by atoms with E-state index >= 15 is 0 Å². The molecular formula is C15H11NO4. The van der Waals surface area contributed by atoms with E-state index in [1.807, 2.05) is 6.92 Å². The van der Waals surface area contributed by atoms with Crippen LogP contribution in [0.4, 0.5) is 0 Å². The molecule has 20 heavy (non-hydrogen) atoms. The highest BCUT2D eigenvalue weighted by Gasteiger charge is 2.11. The van der Waals surface area contributed by atoms with Gasteiger partial charge in [-0.25, -0.2) is 9.36 Å². The third kappa shape index (κ3) is 1.89. The fraction of sp³-hybridized carbons (Fsp3) is 0.0667. The van der Waals surface area contributed by atoms with Gasteiger partial charge in [0, 0.05) is 0 Å². The van der Waals surface area contributed by atoms with Crippen LogP contribution in [0.1, 0.15) is 5.56 Å². The molecule has 3 aromatic rings. The molecule has 5 nitrogen and oxygen atoms in total. The molecule has 0 fully saturated rings. The van der Waals surface area contributed by atoms with Crippen molar-refractivity contribution in [3.8, 4) is 11.4 Å². The van der Waals surface area contributed by atoms with Crippen LogP contribution >= 0.6 is 0 Å². The van der Waals surface area contributed by atoms with Crippen LogP contribution in [0.2, 0.25) is 0 Å². The van der Waals surface area contributed by atoms with E-state index in [0.29, 0.717) is 5.69 Å². The van der Waals surface area contributed by atoms with Gasteiger partial charge in [-0.1, -0.05) is 17.7 Å². The van der Waals surface area contributed by atoms with E-state index in [1.54, 1.807) is 24.3 Å². The number of hydrogen-bond acceptors (Lipinski definition) is 4. The van der Waals surface area contributed by atoms with Crippen molar-refractivity contribution in [2.45, 2.75) is 6.92 Å². The van der Waals surface area contributed by atoms with Crippen molar-refractivity contribution in [3.63, 3.8) is 0 Å². The van der Waals surface area contributed by atoms with Crippen LogP contribution in [0.15, 0.2) is 56.5 Å². The molecule has 0 aliphatic rings. The fourth-order valence-electron chi connectivity index (χ4n) is 2.03. The number of aryl methyl sites for hydroxylation is 1. The Morgan fingerprint density at radius 2 is 1.75 bits per heavy atom. The van der Waals surface area contributed by atoms with Gasteiger partial charge in [-0.2, -0.15) is 0 Å². The summed E-state index contributed by atoms with van der Waals surface area (Å²) in [6.07, 6.45) is 0. The van der Waals surface area contributed by atoms with Gasteiger partial charge in [0.2, 0.25) is 0 Å². The lowest BCUT2D eigenvalue weighted by molar-refractivity contribution is 0.472. The van der Waals surface area contributed by atoms with Crippen LogP contribution in [0.25, 0.3) is 16.7 Å². The fourth-order valence-corrected chi connectivity index (χ4v) is 2.03. The molecule has 1 aromatic heterocycles. The summed E-state index contributed by atoms with van der Waals surface area (Å²) in [5, 5.41) is 9.61. The molecule has 0 atom stereocenters. The van der Waals surface area contributed by atoms with Gasteiger partial charge in [0.1, 0.15) is 11.3 Å². The standard InChI is InChI=1S/C15H11NO4/c1-9-2-4-10(5-3-9)16-14(18)12-8-11(17)6-7-13(12)20-15(16)19/h2-8,17H,1H3. The summed E-state index contributed by atoms with van der Waals surface area (Å²) in [6.45, 7) is 1.91. The highest BCUT2D eigenvalue weighted by Crippen LogP contribution is 2.16. The summed E-state index contributed by atoms with van der Waals surface area (Å²) >= 11 is 0. The number of hydrogen-bond donors (Lipinski definition) is 1. The van der Waals surface area contributed by atoms with E-state index < -0.39 is 11.3 Å². The van der Waals surface area contributed by atoms with Gasteiger partial charge in [0.05, 0.1) is 11.1 Å². The Kier molecular flexibility index (Phi) is 2.68. The minimum atomic E-state index is -0.753. The first-order valence-electron chi connectivity index (χ1n) is 6.02. The van der Waals surface area contributed by atoms with E-state index in [-0.39, 0.29) is 16.7 Å². The predicted octanol–water partition coefficient (Wildman–Crippen LogP) is 1.96. The van der Waals surface area contributed by atoms with Crippen LogP contribution < -0.4 is 11.3 Å². The number of nitrogens with zero attached hydrogens (tertiary/aromatic N) is 1. The lowest BCUT2D eigenvalue weighted by Gasteiger charge is -2.05. The summed E-state index contributed by atoms with van der Waals surface area (Å²) in [6, 6.07) is 11.0. The number of phenols is 1. The molecule has 0 amide bonds. The third-order valence-electron chi connectivity index (χ3n) is 3.07. The summed E-state index contributed by atoms with van der Waals surface area (Å²) < 4.78 is 6.06. The first-order valence-corrected chi connectivity index (χ1v) is 6.02. The molecule has 3 rings (SSSR count). The smallest absolute Gasteiger partial charge is 0.426 e. The van der Waals surface area contributed by atoms with Crippen molar-refractivity contribution in [3.05, 3.63) is 68.9 Å². The molecule has 0 aliphatic heterocycles. The van der Waals surface area contributed by atoms with Gasteiger partial charge < -0.3 is 9.52 Å². The Balaban J connectivity index is 2.39. The normalized spacial score (nSPS) is 10.8. The molecule has 0 unspecified atom stereocenters. The number of aromatic nitrogens is 1. The largest absolute Gasteiger partial charge is 0.508 e. The Morgan fingerprint density at radius 3 is 2.45 bits per heavy atom. The van der Waals surface area contributed by atoms with E-state index in [2.05, 4.69) is 0 Å². The zero-order valence-electron chi connectivity index (χ0n) is 10.7. The zero-order chi connectivity index (χ0) is 14.3.